The molecule has 4 rings (SSSR count). The second-order valence-corrected chi connectivity index (χ2v) is 8.27. The third-order valence-corrected chi connectivity index (χ3v) is 6.01. The van der Waals surface area contributed by atoms with E-state index >= 15 is 4.39 Å². The van der Waals surface area contributed by atoms with Crippen molar-refractivity contribution in [3.05, 3.63) is 65.5 Å². The summed E-state index contributed by atoms with van der Waals surface area (Å²) in [5.74, 6) is -0.657. The zero-order valence-electron chi connectivity index (χ0n) is 18.0. The Kier molecular flexibility index (Phi) is 5.89. The Labute approximate surface area is 187 Å². The summed E-state index contributed by atoms with van der Waals surface area (Å²) in [6, 6.07) is 3.60. The molecular weight excluding hydrogens is 440 g/mol. The molecule has 0 spiro atoms. The Balaban J connectivity index is 1.63. The van der Waals surface area contributed by atoms with E-state index in [1.54, 1.807) is 13.0 Å². The average molecular weight is 462 g/mol. The Morgan fingerprint density at radius 1 is 1.09 bits per heavy atom. The van der Waals surface area contributed by atoms with Gasteiger partial charge in [0.05, 0.1) is 11.6 Å². The maximum Gasteiger partial charge on any atom is 0.416 e. The highest BCUT2D eigenvalue weighted by atomic mass is 19.4. The Bertz CT molecular complexity index is 1140. The summed E-state index contributed by atoms with van der Waals surface area (Å²) in [5.41, 5.74) is -3.47. The van der Waals surface area contributed by atoms with Gasteiger partial charge in [0.1, 0.15) is 12.0 Å². The Morgan fingerprint density at radius 3 is 2.36 bits per heavy atom. The number of carbonyl (C=O) groups is 1. The molecule has 11 heteroatoms. The number of alkyl halides is 4. The van der Waals surface area contributed by atoms with E-state index in [1.165, 1.54) is 36.4 Å². The van der Waals surface area contributed by atoms with Gasteiger partial charge in [-0.3, -0.25) is 4.79 Å². The van der Waals surface area contributed by atoms with Gasteiger partial charge in [-0.2, -0.15) is 23.0 Å². The van der Waals surface area contributed by atoms with Crippen molar-refractivity contribution in [1.29, 1.82) is 0 Å². The second kappa shape index (κ2) is 8.53. The maximum absolute atomic E-state index is 15.5. The van der Waals surface area contributed by atoms with Crippen molar-refractivity contribution in [3.63, 3.8) is 0 Å². The number of rotatable bonds is 6. The van der Waals surface area contributed by atoms with Crippen LogP contribution in [0.3, 0.4) is 0 Å². The van der Waals surface area contributed by atoms with E-state index in [0.29, 0.717) is 12.8 Å². The zero-order valence-corrected chi connectivity index (χ0v) is 18.0. The molecular formula is C22H22F4N6O. The van der Waals surface area contributed by atoms with Crippen LogP contribution in [-0.4, -0.2) is 30.6 Å². The van der Waals surface area contributed by atoms with Crippen LogP contribution in [0.5, 0.6) is 0 Å². The second-order valence-electron chi connectivity index (χ2n) is 8.27. The highest BCUT2D eigenvalue weighted by Crippen LogP contribution is 2.46. The molecule has 0 aliphatic heterocycles. The lowest BCUT2D eigenvalue weighted by molar-refractivity contribution is -0.137. The number of amides is 1. The predicted molar refractivity (Wildman–Crippen MR) is 110 cm³/mol. The molecule has 1 saturated carbocycles. The Morgan fingerprint density at radius 2 is 1.76 bits per heavy atom. The fraction of sp³-hybridized carbons (Fsp3) is 0.409. The number of nitrogens with one attached hydrogen (secondary N) is 1. The smallest absolute Gasteiger partial charge is 0.342 e. The van der Waals surface area contributed by atoms with Gasteiger partial charge in [0.25, 0.3) is 11.9 Å². The number of hydrogen-bond donors (Lipinski definition) is 1. The fourth-order valence-electron chi connectivity index (χ4n) is 3.84. The van der Waals surface area contributed by atoms with Gasteiger partial charge in [0.2, 0.25) is 0 Å². The molecule has 2 atom stereocenters. The van der Waals surface area contributed by atoms with Crippen LogP contribution in [0.25, 0.3) is 5.95 Å². The van der Waals surface area contributed by atoms with E-state index in [1.807, 2.05) is 0 Å². The van der Waals surface area contributed by atoms with Gasteiger partial charge in [0, 0.05) is 18.0 Å². The molecule has 1 aromatic carbocycles. The molecule has 2 heterocycles. The van der Waals surface area contributed by atoms with Gasteiger partial charge < -0.3 is 5.32 Å². The molecule has 1 aliphatic carbocycles. The lowest BCUT2D eigenvalue weighted by atomic mass is 9.71. The molecule has 2 unspecified atom stereocenters. The van der Waals surface area contributed by atoms with Crippen LogP contribution >= 0.6 is 0 Å². The first-order valence-electron chi connectivity index (χ1n) is 10.5. The number of benzene rings is 1. The lowest BCUT2D eigenvalue weighted by Gasteiger charge is -2.37. The largest absolute Gasteiger partial charge is 0.416 e. The van der Waals surface area contributed by atoms with Crippen LogP contribution in [0, 0.1) is 5.92 Å². The van der Waals surface area contributed by atoms with E-state index in [9.17, 15) is 18.0 Å². The van der Waals surface area contributed by atoms with Crippen molar-refractivity contribution in [2.75, 3.05) is 0 Å². The summed E-state index contributed by atoms with van der Waals surface area (Å²) in [6.07, 6.45) is 1.58. The van der Waals surface area contributed by atoms with Crippen LogP contribution in [0.2, 0.25) is 0 Å². The molecule has 7 nitrogen and oxygen atoms in total. The van der Waals surface area contributed by atoms with Gasteiger partial charge in [-0.1, -0.05) is 6.42 Å². The third-order valence-electron chi connectivity index (χ3n) is 6.01. The predicted octanol–water partition coefficient (Wildman–Crippen LogP) is 4.55. The van der Waals surface area contributed by atoms with Crippen molar-refractivity contribution in [2.45, 2.75) is 51.0 Å². The minimum atomic E-state index is -4.73. The summed E-state index contributed by atoms with van der Waals surface area (Å²) < 4.78 is 57.4. The number of aromatic nitrogens is 5. The molecule has 1 N–H and O–H groups in total. The molecule has 0 saturated heterocycles. The van der Waals surface area contributed by atoms with Crippen LogP contribution in [0.15, 0.2) is 43.0 Å². The molecule has 0 radical (unpaired) electrons. The Hall–Kier alpha value is -3.37. The molecule has 2 aromatic heterocycles. The molecule has 1 fully saturated rings. The zero-order chi connectivity index (χ0) is 23.8. The topological polar surface area (TPSA) is 85.6 Å². The quantitative estimate of drug-likeness (QED) is 0.543. The SMILES string of the molecule is CC(NC(=O)c1cc(C(F)(F)F)cc(C(C)(F)C2CCC2)c1)c1ncnn1-c1ncccn1. The minimum Gasteiger partial charge on any atom is -0.342 e. The first-order valence-corrected chi connectivity index (χ1v) is 10.5. The third kappa shape index (κ3) is 4.57. The van der Waals surface area contributed by atoms with Gasteiger partial charge >= 0.3 is 6.18 Å². The number of carbonyl (C=O) groups excluding carboxylic acids is 1. The van der Waals surface area contributed by atoms with Crippen LogP contribution < -0.4 is 5.32 Å². The molecule has 0 bridgehead atoms. The summed E-state index contributed by atoms with van der Waals surface area (Å²) in [7, 11) is 0. The molecule has 174 valence electrons. The van der Waals surface area contributed by atoms with E-state index in [4.69, 9.17) is 0 Å². The highest BCUT2D eigenvalue weighted by molar-refractivity contribution is 5.95. The normalized spacial score (nSPS) is 17.2. The minimum absolute atomic E-state index is 0.152. The number of hydrogen-bond acceptors (Lipinski definition) is 5. The first kappa shape index (κ1) is 22.8. The number of halogens is 4. The lowest BCUT2D eigenvalue weighted by Crippen LogP contribution is -2.34. The van der Waals surface area contributed by atoms with E-state index in [2.05, 4.69) is 25.4 Å². The summed E-state index contributed by atoms with van der Waals surface area (Å²) in [4.78, 5) is 25.2. The van der Waals surface area contributed by atoms with Crippen molar-refractivity contribution in [2.24, 2.45) is 5.92 Å². The van der Waals surface area contributed by atoms with Crippen LogP contribution in [-0.2, 0) is 11.8 Å². The molecule has 3 aromatic rings. The summed E-state index contributed by atoms with van der Waals surface area (Å²) >= 11 is 0. The van der Waals surface area contributed by atoms with Gasteiger partial charge in [0.15, 0.2) is 5.82 Å². The fourth-order valence-corrected chi connectivity index (χ4v) is 3.84. The first-order chi connectivity index (χ1) is 15.6. The van der Waals surface area contributed by atoms with Crippen molar-refractivity contribution < 1.29 is 22.4 Å². The monoisotopic (exact) mass is 462 g/mol. The van der Waals surface area contributed by atoms with Gasteiger partial charge in [-0.25, -0.2) is 19.3 Å². The average Bonchev–Trinajstić information content (AvgIpc) is 3.22. The van der Waals surface area contributed by atoms with E-state index < -0.39 is 29.4 Å². The van der Waals surface area contributed by atoms with Gasteiger partial charge in [-0.05, 0) is 62.4 Å². The summed E-state index contributed by atoms with van der Waals surface area (Å²) in [5, 5.41) is 6.66. The van der Waals surface area contributed by atoms with Crippen LogP contribution in [0.4, 0.5) is 17.6 Å². The summed E-state index contributed by atoms with van der Waals surface area (Å²) in [6.45, 7) is 2.88. The van der Waals surface area contributed by atoms with E-state index in [0.717, 1.165) is 18.6 Å². The van der Waals surface area contributed by atoms with Crippen molar-refractivity contribution >= 4 is 5.91 Å². The molecule has 1 aliphatic rings. The molecule has 33 heavy (non-hydrogen) atoms. The van der Waals surface area contributed by atoms with Crippen molar-refractivity contribution in [1.82, 2.24) is 30.0 Å². The maximum atomic E-state index is 15.5. The molecule has 1 amide bonds. The van der Waals surface area contributed by atoms with Crippen molar-refractivity contribution in [3.8, 4) is 5.95 Å². The standard InChI is InChI=1S/C22H22F4N6O/c1-13(18-29-12-30-32(18)20-27-7-4-8-28-20)31-19(33)14-9-16(11-17(10-14)22(24,25)26)21(2,23)15-5-3-6-15/h4,7-13,15H,3,5-6H2,1-2H3,(H,31,33). The van der Waals surface area contributed by atoms with E-state index in [-0.39, 0.29) is 28.8 Å². The van der Waals surface area contributed by atoms with Crippen LogP contribution in [0.1, 0.15) is 66.5 Å². The highest BCUT2D eigenvalue weighted by Gasteiger charge is 2.42. The number of nitrogens with zero attached hydrogens (tertiary/aromatic N) is 5. The van der Waals surface area contributed by atoms with Gasteiger partial charge in [-0.15, -0.1) is 0 Å².